The largest absolute Gasteiger partial charge is 0.374 e. The number of urea groups is 1. The number of amides is 2. The van der Waals surface area contributed by atoms with Gasteiger partial charge in [0.1, 0.15) is 0 Å². The van der Waals surface area contributed by atoms with Crippen LogP contribution in [0.15, 0.2) is 0 Å². The van der Waals surface area contributed by atoms with Crippen LogP contribution in [0.3, 0.4) is 0 Å². The smallest absolute Gasteiger partial charge is 0.317 e. The quantitative estimate of drug-likeness (QED) is 0.473. The van der Waals surface area contributed by atoms with Crippen molar-refractivity contribution in [2.75, 3.05) is 26.2 Å². The summed E-state index contributed by atoms with van der Waals surface area (Å²) in [5.74, 6) is 0. The van der Waals surface area contributed by atoms with Gasteiger partial charge in [-0.1, -0.05) is 11.7 Å². The summed E-state index contributed by atoms with van der Waals surface area (Å²) < 4.78 is 7.99. The second-order valence-corrected chi connectivity index (χ2v) is 6.95. The van der Waals surface area contributed by atoms with E-state index in [-0.39, 0.29) is 18.2 Å². The maximum Gasteiger partial charge on any atom is 0.317 e. The highest BCUT2D eigenvalue weighted by Crippen LogP contribution is 2.21. The van der Waals surface area contributed by atoms with Crippen LogP contribution in [-0.4, -0.2) is 59.7 Å². The fourth-order valence-corrected chi connectivity index (χ4v) is 3.62. The van der Waals surface area contributed by atoms with Crippen molar-refractivity contribution in [3.8, 4) is 0 Å². The molecule has 2 aliphatic heterocycles. The Morgan fingerprint density at radius 2 is 2.00 bits per heavy atom. The molecule has 0 aromatic heterocycles. The Kier molecular flexibility index (Phi) is 6.32. The lowest BCUT2D eigenvalue weighted by atomic mass is 10.1. The number of carbonyl (C=O) groups excluding carboxylic acids is 1. The summed E-state index contributed by atoms with van der Waals surface area (Å²) in [6.07, 6.45) is 3.37. The van der Waals surface area contributed by atoms with Gasteiger partial charge in [0.05, 0.1) is 12.2 Å². The number of rotatable bonds is 4. The van der Waals surface area contributed by atoms with Crippen molar-refractivity contribution in [2.24, 2.45) is 0 Å². The standard InChI is InChI=1S/C13H25N3O2S2/c1-10(2)18-12-5-6-15(9-12)13(17)14-11-3-7-16(20-19)8-4-11/h10-12,19H,3-9H2,1-2H3,(H,14,17). The first kappa shape index (κ1) is 16.3. The van der Waals surface area contributed by atoms with Gasteiger partial charge in [-0.05, 0) is 44.1 Å². The number of ether oxygens (including phenoxy) is 1. The van der Waals surface area contributed by atoms with E-state index < -0.39 is 0 Å². The fourth-order valence-electron chi connectivity index (χ4n) is 2.76. The van der Waals surface area contributed by atoms with Crippen molar-refractivity contribution >= 4 is 28.7 Å². The molecule has 2 saturated heterocycles. The molecule has 0 bridgehead atoms. The molecule has 2 aliphatic rings. The molecule has 1 unspecified atom stereocenters. The molecule has 2 rings (SSSR count). The molecule has 2 amide bonds. The first-order valence-corrected chi connectivity index (χ1v) is 9.18. The summed E-state index contributed by atoms with van der Waals surface area (Å²) in [5.41, 5.74) is 0. The summed E-state index contributed by atoms with van der Waals surface area (Å²) in [6, 6.07) is 0.362. The third kappa shape index (κ3) is 4.72. The highest BCUT2D eigenvalue weighted by molar-refractivity contribution is 8.67. The Morgan fingerprint density at radius 3 is 2.60 bits per heavy atom. The van der Waals surface area contributed by atoms with Crippen molar-refractivity contribution in [1.29, 1.82) is 0 Å². The number of carbonyl (C=O) groups is 1. The average molecular weight is 319 g/mol. The van der Waals surface area contributed by atoms with E-state index in [2.05, 4.69) is 21.3 Å². The van der Waals surface area contributed by atoms with Crippen LogP contribution in [0.25, 0.3) is 0 Å². The monoisotopic (exact) mass is 319 g/mol. The predicted molar refractivity (Wildman–Crippen MR) is 85.9 cm³/mol. The van der Waals surface area contributed by atoms with Gasteiger partial charge in [0, 0.05) is 32.2 Å². The highest BCUT2D eigenvalue weighted by Gasteiger charge is 2.29. The Labute approximate surface area is 130 Å². The van der Waals surface area contributed by atoms with Crippen molar-refractivity contribution in [3.05, 3.63) is 0 Å². The van der Waals surface area contributed by atoms with Gasteiger partial charge in [-0.15, -0.1) is 0 Å². The van der Waals surface area contributed by atoms with Gasteiger partial charge >= 0.3 is 6.03 Å². The van der Waals surface area contributed by atoms with Gasteiger partial charge in [-0.3, -0.25) is 0 Å². The number of likely N-dealkylation sites (tertiary alicyclic amines) is 1. The molecule has 5 nitrogen and oxygen atoms in total. The van der Waals surface area contributed by atoms with Crippen molar-refractivity contribution in [2.45, 2.75) is 51.4 Å². The first-order chi connectivity index (χ1) is 9.58. The fraction of sp³-hybridized carbons (Fsp3) is 0.923. The van der Waals surface area contributed by atoms with Crippen molar-refractivity contribution in [1.82, 2.24) is 14.5 Å². The zero-order valence-electron chi connectivity index (χ0n) is 12.2. The third-order valence-corrected chi connectivity index (χ3v) is 5.08. The van der Waals surface area contributed by atoms with Crippen LogP contribution >= 0.6 is 22.6 Å². The summed E-state index contributed by atoms with van der Waals surface area (Å²) in [5, 5.41) is 3.15. The molecule has 2 heterocycles. The summed E-state index contributed by atoms with van der Waals surface area (Å²) in [4.78, 5) is 14.1. The average Bonchev–Trinajstić information content (AvgIpc) is 2.87. The van der Waals surface area contributed by atoms with Crippen molar-refractivity contribution in [3.63, 3.8) is 0 Å². The van der Waals surface area contributed by atoms with E-state index >= 15 is 0 Å². The predicted octanol–water partition coefficient (Wildman–Crippen LogP) is 2.15. The van der Waals surface area contributed by atoms with E-state index in [4.69, 9.17) is 4.74 Å². The number of thiol groups is 1. The molecule has 2 fully saturated rings. The molecular formula is C13H25N3O2S2. The maximum absolute atomic E-state index is 12.2. The van der Waals surface area contributed by atoms with E-state index in [1.54, 1.807) is 0 Å². The van der Waals surface area contributed by atoms with E-state index in [1.165, 1.54) is 11.0 Å². The minimum atomic E-state index is 0.0665. The highest BCUT2D eigenvalue weighted by atomic mass is 33.1. The van der Waals surface area contributed by atoms with Gasteiger partial charge in [0.25, 0.3) is 0 Å². The van der Waals surface area contributed by atoms with Crippen molar-refractivity contribution < 1.29 is 9.53 Å². The molecule has 0 spiro atoms. The van der Waals surface area contributed by atoms with Crippen LogP contribution in [0.4, 0.5) is 4.79 Å². The molecule has 7 heteroatoms. The zero-order valence-corrected chi connectivity index (χ0v) is 14.0. The molecule has 0 radical (unpaired) electrons. The Balaban J connectivity index is 1.70. The van der Waals surface area contributed by atoms with Crippen LogP contribution < -0.4 is 5.32 Å². The normalized spacial score (nSPS) is 25.4. The van der Waals surface area contributed by atoms with Crippen LogP contribution in [0.2, 0.25) is 0 Å². The Hall–Kier alpha value is -0.110. The SMILES string of the molecule is CC(C)OC1CCN(C(=O)NC2CCN(SS)CC2)C1. The van der Waals surface area contributed by atoms with Crippen LogP contribution in [-0.2, 0) is 4.74 Å². The van der Waals surface area contributed by atoms with Crippen LogP contribution in [0.1, 0.15) is 33.1 Å². The molecule has 20 heavy (non-hydrogen) atoms. The Bertz CT molecular complexity index is 323. The topological polar surface area (TPSA) is 44.8 Å². The minimum absolute atomic E-state index is 0.0665. The van der Waals surface area contributed by atoms with E-state index in [9.17, 15) is 4.79 Å². The molecule has 116 valence electrons. The molecule has 1 N–H and O–H groups in total. The van der Waals surface area contributed by atoms with Gasteiger partial charge in [0.2, 0.25) is 0 Å². The summed E-state index contributed by atoms with van der Waals surface area (Å²) >= 11 is 4.20. The summed E-state index contributed by atoms with van der Waals surface area (Å²) in [6.45, 7) is 7.56. The van der Waals surface area contributed by atoms with Gasteiger partial charge < -0.3 is 15.0 Å². The molecule has 0 aromatic rings. The number of hydrogen-bond acceptors (Lipinski definition) is 5. The Morgan fingerprint density at radius 1 is 1.30 bits per heavy atom. The van der Waals surface area contributed by atoms with Crippen LogP contribution in [0, 0.1) is 0 Å². The van der Waals surface area contributed by atoms with E-state index in [0.717, 1.165) is 45.4 Å². The van der Waals surface area contributed by atoms with Gasteiger partial charge in [-0.2, -0.15) is 0 Å². The molecule has 0 saturated carbocycles. The lowest BCUT2D eigenvalue weighted by Crippen LogP contribution is -2.47. The zero-order chi connectivity index (χ0) is 14.5. The third-order valence-electron chi connectivity index (χ3n) is 3.79. The number of piperidine rings is 1. The number of hydrogen-bond donors (Lipinski definition) is 2. The number of nitrogens with one attached hydrogen (secondary N) is 1. The summed E-state index contributed by atoms with van der Waals surface area (Å²) in [7, 11) is 1.49. The molecule has 1 atom stereocenters. The van der Waals surface area contributed by atoms with Crippen LogP contribution in [0.5, 0.6) is 0 Å². The number of nitrogens with zero attached hydrogens (tertiary/aromatic N) is 2. The van der Waals surface area contributed by atoms with Gasteiger partial charge in [0.15, 0.2) is 0 Å². The van der Waals surface area contributed by atoms with E-state index in [1.807, 2.05) is 18.7 Å². The minimum Gasteiger partial charge on any atom is -0.374 e. The molecule has 0 aromatic carbocycles. The van der Waals surface area contributed by atoms with Gasteiger partial charge in [-0.25, -0.2) is 9.10 Å². The second-order valence-electron chi connectivity index (χ2n) is 5.78. The van der Waals surface area contributed by atoms with E-state index in [0.29, 0.717) is 6.04 Å². The maximum atomic E-state index is 12.2. The first-order valence-electron chi connectivity index (χ1n) is 7.36. The lowest BCUT2D eigenvalue weighted by molar-refractivity contribution is 0.0157. The molecular weight excluding hydrogens is 294 g/mol. The molecule has 0 aliphatic carbocycles. The lowest BCUT2D eigenvalue weighted by Gasteiger charge is -2.31. The second kappa shape index (κ2) is 7.77.